The fourth-order valence-electron chi connectivity index (χ4n) is 3.63. The molecule has 0 aliphatic heterocycles. The van der Waals surface area contributed by atoms with E-state index in [0.29, 0.717) is 11.0 Å². The summed E-state index contributed by atoms with van der Waals surface area (Å²) in [6.45, 7) is 8.92. The second-order valence-electron chi connectivity index (χ2n) is 8.17. The van der Waals surface area contributed by atoms with Gasteiger partial charge in [-0.15, -0.1) is 5.10 Å². The Balaban J connectivity index is 1.95. The predicted molar refractivity (Wildman–Crippen MR) is 120 cm³/mol. The molecule has 0 radical (unpaired) electrons. The molecular weight excluding hydrogens is 430 g/mol. The largest absolute Gasteiger partial charge is 0.396 e. The van der Waals surface area contributed by atoms with E-state index in [0.717, 1.165) is 5.56 Å². The Morgan fingerprint density at radius 3 is 2.32 bits per heavy atom. The molecule has 3 aromatic rings. The zero-order valence-electron chi connectivity index (χ0n) is 16.8. The first-order valence-corrected chi connectivity index (χ1v) is 11.8. The molecule has 28 heavy (non-hydrogen) atoms. The van der Waals surface area contributed by atoms with E-state index in [4.69, 9.17) is 0 Å². The van der Waals surface area contributed by atoms with Gasteiger partial charge >= 0.3 is 8.80 Å². The van der Waals surface area contributed by atoms with E-state index in [1.54, 1.807) is 11.0 Å². The van der Waals surface area contributed by atoms with Crippen LogP contribution in [0.25, 0.3) is 0 Å². The van der Waals surface area contributed by atoms with Crippen molar-refractivity contribution in [1.82, 2.24) is 15.0 Å². The highest BCUT2D eigenvalue weighted by Gasteiger charge is 2.47. The Morgan fingerprint density at radius 2 is 1.71 bits per heavy atom. The van der Waals surface area contributed by atoms with Crippen LogP contribution in [0.5, 0.6) is 0 Å². The van der Waals surface area contributed by atoms with Crippen molar-refractivity contribution in [3.05, 3.63) is 71.0 Å². The van der Waals surface area contributed by atoms with E-state index in [2.05, 4.69) is 95.4 Å². The van der Waals surface area contributed by atoms with Gasteiger partial charge in [0.05, 0.1) is 23.4 Å². The molecule has 0 bridgehead atoms. The lowest BCUT2D eigenvalue weighted by Gasteiger charge is -2.22. The van der Waals surface area contributed by atoms with Crippen molar-refractivity contribution in [3.8, 4) is 0 Å². The summed E-state index contributed by atoms with van der Waals surface area (Å²) in [6, 6.07) is 19.1. The number of nitrogens with zero attached hydrogens (tertiary/aromatic N) is 3. The maximum absolute atomic E-state index is 11.1. The monoisotopic (exact) mass is 456 g/mol. The summed E-state index contributed by atoms with van der Waals surface area (Å²) >= 11 is 3.34. The molecule has 0 fully saturated rings. The van der Waals surface area contributed by atoms with Gasteiger partial charge < -0.3 is 5.11 Å². The highest BCUT2D eigenvalue weighted by atomic mass is 79.9. The van der Waals surface area contributed by atoms with Gasteiger partial charge in [-0.3, -0.25) is 0 Å². The van der Waals surface area contributed by atoms with Gasteiger partial charge in [-0.05, 0) is 61.8 Å². The van der Waals surface area contributed by atoms with Gasteiger partial charge in [0.15, 0.2) is 0 Å². The molecule has 0 spiro atoms. The number of rotatable bonds is 6. The minimum Gasteiger partial charge on any atom is -0.388 e. The van der Waals surface area contributed by atoms with Crippen LogP contribution in [-0.4, -0.2) is 28.9 Å². The lowest BCUT2D eigenvalue weighted by molar-refractivity contribution is 0.143. The van der Waals surface area contributed by atoms with E-state index in [-0.39, 0.29) is 11.1 Å². The predicted octanol–water partition coefficient (Wildman–Crippen LogP) is 4.13. The topological polar surface area (TPSA) is 50.9 Å². The number of aromatic nitrogens is 3. The second kappa shape index (κ2) is 8.72. The summed E-state index contributed by atoms with van der Waals surface area (Å²) in [4.78, 5) is 1.66. The van der Waals surface area contributed by atoms with Crippen LogP contribution in [0.2, 0.25) is 5.04 Å². The molecule has 6 heteroatoms. The van der Waals surface area contributed by atoms with Crippen molar-refractivity contribution >= 4 is 35.1 Å². The summed E-state index contributed by atoms with van der Waals surface area (Å²) in [5.41, 5.74) is 1.02. The Morgan fingerprint density at radius 1 is 1.07 bits per heavy atom. The number of hydrogen-bond donors (Lipinski definition) is 1. The number of aliphatic hydroxyl groups is 1. The first-order valence-electron chi connectivity index (χ1n) is 9.55. The van der Waals surface area contributed by atoms with Gasteiger partial charge in [-0.1, -0.05) is 36.4 Å². The summed E-state index contributed by atoms with van der Waals surface area (Å²) < 4.78 is 0.705. The van der Waals surface area contributed by atoms with Crippen LogP contribution in [0, 0.1) is 0 Å². The molecular formula is C22H27BrN3OSi+. The Bertz CT molecular complexity index is 907. The van der Waals surface area contributed by atoms with E-state index in [1.165, 1.54) is 10.4 Å². The van der Waals surface area contributed by atoms with Gasteiger partial charge in [0.25, 0.3) is 0 Å². The second-order valence-corrected chi connectivity index (χ2v) is 12.3. The zero-order chi connectivity index (χ0) is 20.3. The molecule has 146 valence electrons. The zero-order valence-corrected chi connectivity index (χ0v) is 19.4. The summed E-state index contributed by atoms with van der Waals surface area (Å²) in [7, 11) is -1.09. The van der Waals surface area contributed by atoms with Crippen LogP contribution < -0.4 is 10.4 Å². The molecule has 1 aromatic heterocycles. The molecule has 2 aromatic carbocycles. The van der Waals surface area contributed by atoms with Gasteiger partial charge in [0.2, 0.25) is 0 Å². The Labute approximate surface area is 177 Å². The molecule has 2 atom stereocenters. The molecule has 0 saturated carbocycles. The number of halogens is 1. The van der Waals surface area contributed by atoms with Crippen molar-refractivity contribution in [2.45, 2.75) is 51.3 Å². The minimum atomic E-state index is -1.09. The third-order valence-corrected chi connectivity index (χ3v) is 8.61. The highest BCUT2D eigenvalue weighted by molar-refractivity contribution is 9.10. The van der Waals surface area contributed by atoms with Gasteiger partial charge in [-0.2, -0.15) is 9.90 Å². The van der Waals surface area contributed by atoms with E-state index in [1.807, 2.05) is 13.0 Å². The quantitative estimate of drug-likeness (QED) is 0.567. The first kappa shape index (κ1) is 21.0. The van der Waals surface area contributed by atoms with Gasteiger partial charge in [0.1, 0.15) is 15.0 Å². The number of benzene rings is 2. The highest BCUT2D eigenvalue weighted by Crippen LogP contribution is 2.30. The Kier molecular flexibility index (Phi) is 6.53. The molecule has 4 nitrogen and oxygen atoms in total. The van der Waals surface area contributed by atoms with Crippen LogP contribution in [0.3, 0.4) is 0 Å². The van der Waals surface area contributed by atoms with Crippen molar-refractivity contribution in [1.29, 1.82) is 0 Å². The lowest BCUT2D eigenvalue weighted by atomic mass is 10.0. The molecule has 1 unspecified atom stereocenters. The molecule has 3 rings (SSSR count). The summed E-state index contributed by atoms with van der Waals surface area (Å²) in [5.74, 6) is 0. The van der Waals surface area contributed by atoms with E-state index in [9.17, 15) is 5.11 Å². The van der Waals surface area contributed by atoms with Crippen LogP contribution in [0.4, 0.5) is 0 Å². The standard InChI is InChI=1S/C22H27BrN3OSi/c1-16(26-24-15-21(23)25-26)14-19(27)18-12-8-9-13-20(18)28(22(2,3)4)17-10-6-5-7-11-17/h5-13,15-16,19,27H,14H2,1-4H3/q+1/t16-,19?/m0/s1. The SMILES string of the molecule is C[C@@H](CC(O)c1ccccc1[Si+](c1ccccc1)C(C)(C)C)n1ncc(Br)n1. The maximum Gasteiger partial charge on any atom is 0.396 e. The van der Waals surface area contributed by atoms with E-state index < -0.39 is 14.9 Å². The molecule has 1 heterocycles. The van der Waals surface area contributed by atoms with E-state index >= 15 is 0 Å². The van der Waals surface area contributed by atoms with Crippen LogP contribution in [0.1, 0.15) is 51.8 Å². The van der Waals surface area contributed by atoms with Crippen molar-refractivity contribution in [3.63, 3.8) is 0 Å². The number of hydrogen-bond acceptors (Lipinski definition) is 3. The Hall–Kier alpha value is -1.76. The van der Waals surface area contributed by atoms with Gasteiger partial charge in [0, 0.05) is 12.0 Å². The van der Waals surface area contributed by atoms with Crippen molar-refractivity contribution in [2.75, 3.05) is 0 Å². The fraction of sp³-hybridized carbons (Fsp3) is 0.364. The van der Waals surface area contributed by atoms with Crippen LogP contribution >= 0.6 is 15.9 Å². The molecule has 0 saturated heterocycles. The molecule has 0 aliphatic carbocycles. The van der Waals surface area contributed by atoms with Crippen LogP contribution in [0.15, 0.2) is 65.4 Å². The van der Waals surface area contributed by atoms with Gasteiger partial charge in [-0.25, -0.2) is 0 Å². The molecule has 1 N–H and O–H groups in total. The van der Waals surface area contributed by atoms with Crippen molar-refractivity contribution in [2.24, 2.45) is 0 Å². The molecule has 0 amide bonds. The summed E-state index contributed by atoms with van der Waals surface area (Å²) in [5, 5.41) is 22.5. The maximum atomic E-state index is 11.1. The normalized spacial score (nSPS) is 13.9. The molecule has 0 aliphatic rings. The smallest absolute Gasteiger partial charge is 0.388 e. The number of aliphatic hydroxyl groups excluding tert-OH is 1. The third kappa shape index (κ3) is 4.80. The average molecular weight is 457 g/mol. The minimum absolute atomic E-state index is 0.00334. The fourth-order valence-corrected chi connectivity index (χ4v) is 7.19. The average Bonchev–Trinajstić information content (AvgIpc) is 3.08. The summed E-state index contributed by atoms with van der Waals surface area (Å²) in [6.07, 6.45) is 1.67. The first-order chi connectivity index (χ1) is 13.3. The van der Waals surface area contributed by atoms with Crippen molar-refractivity contribution < 1.29 is 5.11 Å². The third-order valence-electron chi connectivity index (χ3n) is 4.84. The van der Waals surface area contributed by atoms with Crippen LogP contribution in [-0.2, 0) is 0 Å². The lowest BCUT2D eigenvalue weighted by Crippen LogP contribution is -2.50.